The van der Waals surface area contributed by atoms with Crippen LogP contribution in [0, 0.1) is 18.6 Å². The lowest BCUT2D eigenvalue weighted by Gasteiger charge is -2.06. The van der Waals surface area contributed by atoms with Crippen LogP contribution in [0.1, 0.15) is 21.5 Å². The van der Waals surface area contributed by atoms with Crippen LogP contribution in [-0.2, 0) is 6.42 Å². The first kappa shape index (κ1) is 13.7. The van der Waals surface area contributed by atoms with E-state index in [1.54, 1.807) is 25.1 Å². The van der Waals surface area contributed by atoms with Crippen LogP contribution in [-0.4, -0.2) is 5.78 Å². The Bertz CT molecular complexity index is 618. The molecule has 0 aromatic heterocycles. The summed E-state index contributed by atoms with van der Waals surface area (Å²) in [5, 5.41) is 0.458. The maximum absolute atomic E-state index is 13.1. The van der Waals surface area contributed by atoms with E-state index in [-0.39, 0.29) is 12.2 Å². The maximum atomic E-state index is 13.1. The zero-order valence-corrected chi connectivity index (χ0v) is 11.0. The number of hydrogen-bond donors (Lipinski definition) is 0. The summed E-state index contributed by atoms with van der Waals surface area (Å²) in [6, 6.07) is 8.08. The smallest absolute Gasteiger partial charge is 0.167 e. The van der Waals surface area contributed by atoms with Gasteiger partial charge in [0.15, 0.2) is 5.78 Å². The van der Waals surface area contributed by atoms with Crippen molar-refractivity contribution in [1.29, 1.82) is 0 Å². The molecule has 98 valence electrons. The van der Waals surface area contributed by atoms with Gasteiger partial charge in [-0.3, -0.25) is 4.79 Å². The summed E-state index contributed by atoms with van der Waals surface area (Å²) in [5.74, 6) is -1.60. The molecule has 0 aliphatic carbocycles. The van der Waals surface area contributed by atoms with Crippen molar-refractivity contribution in [2.45, 2.75) is 13.3 Å². The minimum Gasteiger partial charge on any atom is -0.294 e. The summed E-state index contributed by atoms with van der Waals surface area (Å²) in [6.45, 7) is 1.79. The van der Waals surface area contributed by atoms with Crippen molar-refractivity contribution < 1.29 is 13.6 Å². The molecule has 0 heterocycles. The standard InChI is InChI=1S/C15H11ClF2O/c1-9-2-3-11(16)7-14(9)15(19)6-10-4-12(17)8-13(18)5-10/h2-5,7-8H,6H2,1H3. The van der Waals surface area contributed by atoms with Gasteiger partial charge in [0.05, 0.1) is 0 Å². The summed E-state index contributed by atoms with van der Waals surface area (Å²) in [5.41, 5.74) is 1.56. The highest BCUT2D eigenvalue weighted by Gasteiger charge is 2.12. The molecule has 0 radical (unpaired) electrons. The summed E-state index contributed by atoms with van der Waals surface area (Å²) < 4.78 is 26.1. The largest absolute Gasteiger partial charge is 0.294 e. The van der Waals surface area contributed by atoms with Gasteiger partial charge in [-0.1, -0.05) is 17.7 Å². The van der Waals surface area contributed by atoms with Gasteiger partial charge in [-0.25, -0.2) is 8.78 Å². The first-order chi connectivity index (χ1) is 8.95. The van der Waals surface area contributed by atoms with Gasteiger partial charge in [-0.2, -0.15) is 0 Å². The number of hydrogen-bond acceptors (Lipinski definition) is 1. The molecule has 0 aliphatic rings. The number of benzene rings is 2. The second-order valence-corrected chi connectivity index (χ2v) is 4.77. The average Bonchev–Trinajstić information content (AvgIpc) is 2.30. The SMILES string of the molecule is Cc1ccc(Cl)cc1C(=O)Cc1cc(F)cc(F)c1. The summed E-state index contributed by atoms with van der Waals surface area (Å²) in [4.78, 5) is 12.1. The fraction of sp³-hybridized carbons (Fsp3) is 0.133. The molecule has 0 unspecified atom stereocenters. The zero-order chi connectivity index (χ0) is 14.0. The van der Waals surface area contributed by atoms with Crippen molar-refractivity contribution in [3.05, 3.63) is 69.7 Å². The lowest BCUT2D eigenvalue weighted by atomic mass is 9.99. The Morgan fingerprint density at radius 3 is 2.37 bits per heavy atom. The number of halogens is 3. The number of rotatable bonds is 3. The fourth-order valence-electron chi connectivity index (χ4n) is 1.89. The Kier molecular flexibility index (Phi) is 3.96. The van der Waals surface area contributed by atoms with Crippen molar-refractivity contribution in [2.24, 2.45) is 0 Å². The minimum atomic E-state index is -0.689. The number of ketones is 1. The van der Waals surface area contributed by atoms with Crippen molar-refractivity contribution >= 4 is 17.4 Å². The third kappa shape index (κ3) is 3.38. The molecule has 0 atom stereocenters. The molecule has 0 fully saturated rings. The van der Waals surface area contributed by atoms with E-state index >= 15 is 0 Å². The summed E-state index contributed by atoms with van der Waals surface area (Å²) >= 11 is 5.84. The Morgan fingerprint density at radius 1 is 1.11 bits per heavy atom. The van der Waals surface area contributed by atoms with Gasteiger partial charge < -0.3 is 0 Å². The van der Waals surface area contributed by atoms with Crippen molar-refractivity contribution in [1.82, 2.24) is 0 Å². The summed E-state index contributed by atoms with van der Waals surface area (Å²) in [7, 11) is 0. The van der Waals surface area contributed by atoms with E-state index in [1.807, 2.05) is 0 Å². The molecule has 1 nitrogen and oxygen atoms in total. The topological polar surface area (TPSA) is 17.1 Å². The molecule has 0 saturated carbocycles. The van der Waals surface area contributed by atoms with Gasteiger partial charge in [0.25, 0.3) is 0 Å². The van der Waals surface area contributed by atoms with Gasteiger partial charge in [0, 0.05) is 23.1 Å². The molecule has 0 saturated heterocycles. The highest BCUT2D eigenvalue weighted by molar-refractivity contribution is 6.31. The fourth-order valence-corrected chi connectivity index (χ4v) is 2.06. The van der Waals surface area contributed by atoms with Gasteiger partial charge in [-0.15, -0.1) is 0 Å². The minimum absolute atomic E-state index is 0.0597. The molecule has 19 heavy (non-hydrogen) atoms. The van der Waals surface area contributed by atoms with Crippen LogP contribution in [0.5, 0.6) is 0 Å². The molecule has 0 aliphatic heterocycles. The quantitative estimate of drug-likeness (QED) is 0.764. The van der Waals surface area contributed by atoms with E-state index in [0.717, 1.165) is 23.8 Å². The Labute approximate surface area is 114 Å². The van der Waals surface area contributed by atoms with E-state index in [0.29, 0.717) is 16.1 Å². The first-order valence-corrected chi connectivity index (χ1v) is 6.08. The third-order valence-electron chi connectivity index (χ3n) is 2.79. The molecular formula is C15H11ClF2O. The monoisotopic (exact) mass is 280 g/mol. The second kappa shape index (κ2) is 5.49. The zero-order valence-electron chi connectivity index (χ0n) is 10.2. The molecule has 2 rings (SSSR count). The number of carbonyl (C=O) groups is 1. The number of aryl methyl sites for hydroxylation is 1. The van der Waals surface area contributed by atoms with Crippen molar-refractivity contribution in [3.63, 3.8) is 0 Å². The summed E-state index contributed by atoms with van der Waals surface area (Å²) in [6.07, 6.45) is -0.0597. The molecule has 4 heteroatoms. The van der Waals surface area contributed by atoms with Gasteiger partial charge >= 0.3 is 0 Å². The van der Waals surface area contributed by atoms with E-state index in [4.69, 9.17) is 11.6 Å². The van der Waals surface area contributed by atoms with Gasteiger partial charge in [-0.05, 0) is 42.3 Å². The second-order valence-electron chi connectivity index (χ2n) is 4.34. The Morgan fingerprint density at radius 2 is 1.74 bits per heavy atom. The van der Waals surface area contributed by atoms with E-state index in [2.05, 4.69) is 0 Å². The van der Waals surface area contributed by atoms with Gasteiger partial charge in [0.2, 0.25) is 0 Å². The normalized spacial score (nSPS) is 10.5. The van der Waals surface area contributed by atoms with Crippen LogP contribution in [0.4, 0.5) is 8.78 Å². The lowest BCUT2D eigenvalue weighted by Crippen LogP contribution is -2.06. The van der Waals surface area contributed by atoms with Crippen LogP contribution in [0.2, 0.25) is 5.02 Å². The maximum Gasteiger partial charge on any atom is 0.167 e. The predicted molar refractivity (Wildman–Crippen MR) is 70.6 cm³/mol. The van der Waals surface area contributed by atoms with E-state index in [1.165, 1.54) is 0 Å². The van der Waals surface area contributed by atoms with Crippen molar-refractivity contribution in [2.75, 3.05) is 0 Å². The molecule has 0 N–H and O–H groups in total. The molecule has 0 amide bonds. The van der Waals surface area contributed by atoms with Crippen LogP contribution >= 0.6 is 11.6 Å². The molecule has 2 aromatic rings. The lowest BCUT2D eigenvalue weighted by molar-refractivity contribution is 0.0992. The van der Waals surface area contributed by atoms with Crippen LogP contribution in [0.15, 0.2) is 36.4 Å². The van der Waals surface area contributed by atoms with Crippen LogP contribution < -0.4 is 0 Å². The predicted octanol–water partition coefficient (Wildman–Crippen LogP) is 4.35. The highest BCUT2D eigenvalue weighted by atomic mass is 35.5. The molecule has 0 spiro atoms. The van der Waals surface area contributed by atoms with Crippen molar-refractivity contribution in [3.8, 4) is 0 Å². The molecule has 0 bridgehead atoms. The van der Waals surface area contributed by atoms with Crippen LogP contribution in [0.25, 0.3) is 0 Å². The Hall–Kier alpha value is -1.74. The van der Waals surface area contributed by atoms with E-state index < -0.39 is 11.6 Å². The van der Waals surface area contributed by atoms with E-state index in [9.17, 15) is 13.6 Å². The first-order valence-electron chi connectivity index (χ1n) is 5.70. The molecular weight excluding hydrogens is 270 g/mol. The Balaban J connectivity index is 2.28. The third-order valence-corrected chi connectivity index (χ3v) is 3.02. The number of Topliss-reactive ketones (excluding diaryl/α,β-unsaturated/α-hetero) is 1. The van der Waals surface area contributed by atoms with Crippen LogP contribution in [0.3, 0.4) is 0 Å². The number of carbonyl (C=O) groups excluding carboxylic acids is 1. The highest BCUT2D eigenvalue weighted by Crippen LogP contribution is 2.18. The molecule has 2 aromatic carbocycles. The van der Waals surface area contributed by atoms with Gasteiger partial charge in [0.1, 0.15) is 11.6 Å². The average molecular weight is 281 g/mol.